The molecular formula is C13H16N4O. The van der Waals surface area contributed by atoms with Crippen LogP contribution < -0.4 is 11.0 Å². The van der Waals surface area contributed by atoms with E-state index in [4.69, 9.17) is 0 Å². The number of aromatic nitrogens is 3. The first-order valence-corrected chi connectivity index (χ1v) is 6.26. The zero-order valence-electron chi connectivity index (χ0n) is 10.2. The predicted octanol–water partition coefficient (Wildman–Crippen LogP) is 0.391. The van der Waals surface area contributed by atoms with E-state index in [-0.39, 0.29) is 5.69 Å². The highest BCUT2D eigenvalue weighted by Crippen LogP contribution is 2.02. The first-order valence-electron chi connectivity index (χ1n) is 6.26. The zero-order valence-corrected chi connectivity index (χ0v) is 10.2. The fraction of sp³-hybridized carbons (Fsp3) is 0.385. The summed E-state index contributed by atoms with van der Waals surface area (Å²) in [4.78, 5) is 12.1. The number of hydrogen-bond acceptors (Lipinski definition) is 3. The fourth-order valence-corrected chi connectivity index (χ4v) is 2.26. The molecule has 0 unspecified atom stereocenters. The Balaban J connectivity index is 1.77. The van der Waals surface area contributed by atoms with Crippen LogP contribution >= 0.6 is 0 Å². The molecule has 0 amide bonds. The summed E-state index contributed by atoms with van der Waals surface area (Å²) in [6.07, 6.45) is 0.838. The summed E-state index contributed by atoms with van der Waals surface area (Å²) in [6.45, 7) is 2.90. The van der Waals surface area contributed by atoms with Gasteiger partial charge in [-0.05, 0) is 12.0 Å². The number of hydrogen-bond donors (Lipinski definition) is 1. The van der Waals surface area contributed by atoms with Crippen molar-refractivity contribution in [2.45, 2.75) is 26.1 Å². The molecule has 0 saturated heterocycles. The molecule has 5 heteroatoms. The molecule has 1 aromatic carbocycles. The van der Waals surface area contributed by atoms with Crippen LogP contribution in [0.2, 0.25) is 0 Å². The largest absolute Gasteiger partial charge is 0.346 e. The van der Waals surface area contributed by atoms with Crippen LogP contribution in [0.1, 0.15) is 11.4 Å². The van der Waals surface area contributed by atoms with Crippen molar-refractivity contribution >= 4 is 0 Å². The van der Waals surface area contributed by atoms with Crippen LogP contribution in [0.5, 0.6) is 0 Å². The quantitative estimate of drug-likeness (QED) is 0.850. The third-order valence-electron chi connectivity index (χ3n) is 3.25. The maximum Gasteiger partial charge on any atom is 0.346 e. The van der Waals surface area contributed by atoms with E-state index in [0.29, 0.717) is 13.1 Å². The Kier molecular flexibility index (Phi) is 2.98. The maximum absolute atomic E-state index is 12.1. The van der Waals surface area contributed by atoms with Gasteiger partial charge in [0.15, 0.2) is 0 Å². The molecular weight excluding hydrogens is 228 g/mol. The minimum Gasteiger partial charge on any atom is -0.308 e. The molecule has 5 nitrogen and oxygen atoms in total. The molecule has 0 fully saturated rings. The molecule has 1 aliphatic rings. The van der Waals surface area contributed by atoms with Crippen LogP contribution in [-0.4, -0.2) is 20.9 Å². The number of rotatable bonds is 3. The number of nitrogens with one attached hydrogen (secondary N) is 1. The third-order valence-corrected chi connectivity index (χ3v) is 3.25. The van der Waals surface area contributed by atoms with Crippen LogP contribution in [0.15, 0.2) is 35.1 Å². The van der Waals surface area contributed by atoms with E-state index in [1.807, 2.05) is 18.2 Å². The van der Waals surface area contributed by atoms with E-state index < -0.39 is 0 Å². The summed E-state index contributed by atoms with van der Waals surface area (Å²) in [7, 11) is 0. The number of benzene rings is 1. The summed E-state index contributed by atoms with van der Waals surface area (Å²) in [5.74, 6) is 0.847. The lowest BCUT2D eigenvalue weighted by Crippen LogP contribution is -2.34. The highest BCUT2D eigenvalue weighted by atomic mass is 16.2. The highest BCUT2D eigenvalue weighted by molar-refractivity contribution is 5.14. The maximum atomic E-state index is 12.1. The van der Waals surface area contributed by atoms with Crippen molar-refractivity contribution < 1.29 is 0 Å². The van der Waals surface area contributed by atoms with Crippen molar-refractivity contribution in [1.82, 2.24) is 19.7 Å². The molecule has 0 atom stereocenters. The van der Waals surface area contributed by atoms with E-state index in [9.17, 15) is 4.79 Å². The number of nitrogens with zero attached hydrogens (tertiary/aromatic N) is 3. The first-order chi connectivity index (χ1) is 8.84. The molecule has 1 N–H and O–H groups in total. The Morgan fingerprint density at radius 2 is 2.11 bits per heavy atom. The molecule has 18 heavy (non-hydrogen) atoms. The van der Waals surface area contributed by atoms with Gasteiger partial charge in [-0.2, -0.15) is 5.10 Å². The molecule has 0 saturated carbocycles. The average Bonchev–Trinajstić information content (AvgIpc) is 2.75. The molecule has 94 valence electrons. The van der Waals surface area contributed by atoms with E-state index in [2.05, 4.69) is 22.5 Å². The molecule has 0 aliphatic carbocycles. The summed E-state index contributed by atoms with van der Waals surface area (Å²) >= 11 is 0. The molecule has 3 rings (SSSR count). The Morgan fingerprint density at radius 1 is 1.28 bits per heavy atom. The van der Waals surface area contributed by atoms with Gasteiger partial charge in [0.1, 0.15) is 5.82 Å². The van der Waals surface area contributed by atoms with Crippen molar-refractivity contribution in [3.63, 3.8) is 0 Å². The van der Waals surface area contributed by atoms with Gasteiger partial charge in [0.05, 0.1) is 13.1 Å². The van der Waals surface area contributed by atoms with E-state index in [1.54, 1.807) is 9.25 Å². The van der Waals surface area contributed by atoms with Crippen molar-refractivity contribution in [2.75, 3.05) is 6.54 Å². The lowest BCUT2D eigenvalue weighted by Gasteiger charge is -2.11. The lowest BCUT2D eigenvalue weighted by molar-refractivity contribution is 0.496. The Bertz CT molecular complexity index is 585. The summed E-state index contributed by atoms with van der Waals surface area (Å²) in [6, 6.07) is 10.2. The minimum absolute atomic E-state index is 0.0161. The Morgan fingerprint density at radius 3 is 2.89 bits per heavy atom. The van der Waals surface area contributed by atoms with E-state index in [1.165, 1.54) is 5.56 Å². The van der Waals surface area contributed by atoms with Crippen molar-refractivity contribution in [2.24, 2.45) is 0 Å². The minimum atomic E-state index is 0.0161. The highest BCUT2D eigenvalue weighted by Gasteiger charge is 2.15. The van der Waals surface area contributed by atoms with Crippen LogP contribution in [0.4, 0.5) is 0 Å². The summed E-state index contributed by atoms with van der Waals surface area (Å²) < 4.78 is 3.34. The van der Waals surface area contributed by atoms with Crippen LogP contribution in [0.25, 0.3) is 0 Å². The predicted molar refractivity (Wildman–Crippen MR) is 68.3 cm³/mol. The number of aryl methyl sites for hydroxylation is 2. The monoisotopic (exact) mass is 244 g/mol. The summed E-state index contributed by atoms with van der Waals surface area (Å²) in [5, 5.41) is 7.59. The van der Waals surface area contributed by atoms with Gasteiger partial charge < -0.3 is 5.32 Å². The van der Waals surface area contributed by atoms with E-state index >= 15 is 0 Å². The average molecular weight is 244 g/mol. The van der Waals surface area contributed by atoms with Gasteiger partial charge in [-0.3, -0.25) is 4.57 Å². The molecule has 0 bridgehead atoms. The topological polar surface area (TPSA) is 51.9 Å². The van der Waals surface area contributed by atoms with Crippen molar-refractivity contribution in [3.8, 4) is 0 Å². The molecule has 1 aromatic heterocycles. The number of fused-ring (bicyclic) bond motifs is 1. The second-order valence-corrected chi connectivity index (χ2v) is 4.49. The second-order valence-electron chi connectivity index (χ2n) is 4.49. The summed E-state index contributed by atoms with van der Waals surface area (Å²) in [5.41, 5.74) is 1.25. The lowest BCUT2D eigenvalue weighted by atomic mass is 10.2. The Hall–Kier alpha value is -1.88. The Labute approximate surface area is 105 Å². The standard InChI is InChI=1S/C13H16N4O/c18-13-16-9-7-14-10-12(16)15-17(13)8-6-11-4-2-1-3-5-11/h1-5,14H,6-10H2. The van der Waals surface area contributed by atoms with Crippen LogP contribution in [0.3, 0.4) is 0 Å². The van der Waals surface area contributed by atoms with Gasteiger partial charge in [-0.15, -0.1) is 0 Å². The van der Waals surface area contributed by atoms with Gasteiger partial charge in [0, 0.05) is 13.1 Å². The molecule has 2 aromatic rings. The van der Waals surface area contributed by atoms with Gasteiger partial charge in [-0.25, -0.2) is 9.48 Å². The second kappa shape index (κ2) is 4.78. The molecule has 0 radical (unpaired) electrons. The molecule has 1 aliphatic heterocycles. The third kappa shape index (κ3) is 2.09. The van der Waals surface area contributed by atoms with Crippen molar-refractivity contribution in [1.29, 1.82) is 0 Å². The molecule has 2 heterocycles. The first kappa shape index (κ1) is 11.2. The normalized spacial score (nSPS) is 14.4. The van der Waals surface area contributed by atoms with Gasteiger partial charge in [0.25, 0.3) is 0 Å². The molecule has 0 spiro atoms. The fourth-order valence-electron chi connectivity index (χ4n) is 2.26. The van der Waals surface area contributed by atoms with Gasteiger partial charge in [-0.1, -0.05) is 30.3 Å². The smallest absolute Gasteiger partial charge is 0.308 e. The van der Waals surface area contributed by atoms with Gasteiger partial charge >= 0.3 is 5.69 Å². The van der Waals surface area contributed by atoms with Crippen LogP contribution in [-0.2, 0) is 26.1 Å². The van der Waals surface area contributed by atoms with Crippen LogP contribution in [0, 0.1) is 0 Å². The van der Waals surface area contributed by atoms with Gasteiger partial charge in [0.2, 0.25) is 0 Å². The van der Waals surface area contributed by atoms with Crippen molar-refractivity contribution in [3.05, 3.63) is 52.2 Å². The SMILES string of the molecule is O=c1n(CCc2ccccc2)nc2n1CCNC2. The van der Waals surface area contributed by atoms with E-state index in [0.717, 1.165) is 25.3 Å². The zero-order chi connectivity index (χ0) is 12.4.